The summed E-state index contributed by atoms with van der Waals surface area (Å²) in [7, 11) is 1.06. The van der Waals surface area contributed by atoms with Gasteiger partial charge in [0.2, 0.25) is 0 Å². The van der Waals surface area contributed by atoms with Crippen LogP contribution in [0.3, 0.4) is 0 Å². The Morgan fingerprint density at radius 1 is 1.53 bits per heavy atom. The van der Waals surface area contributed by atoms with Crippen molar-refractivity contribution >= 4 is 29.3 Å². The molecular formula is C11H7ClF3NO2S. The largest absolute Gasteiger partial charge is 0.465 e. The lowest BCUT2D eigenvalue weighted by atomic mass is 10.1. The van der Waals surface area contributed by atoms with E-state index in [1.165, 1.54) is 6.07 Å². The lowest BCUT2D eigenvalue weighted by molar-refractivity contribution is -0.0328. The van der Waals surface area contributed by atoms with Crippen LogP contribution in [0.15, 0.2) is 17.0 Å². The van der Waals surface area contributed by atoms with Crippen LogP contribution < -0.4 is 0 Å². The standard InChI is InChI=1S/C11H7ClF3NO2S/c1-18-10(17)9-7(4-12)2-6(5-16)3-8(9)19-11(13,14)15/h2-3H,4H2,1H3. The normalized spacial score (nSPS) is 10.9. The maximum atomic E-state index is 12.5. The van der Waals surface area contributed by atoms with Crippen molar-refractivity contribution in [2.75, 3.05) is 7.11 Å². The van der Waals surface area contributed by atoms with E-state index >= 15 is 0 Å². The summed E-state index contributed by atoms with van der Waals surface area (Å²) >= 11 is 5.12. The molecule has 0 spiro atoms. The molecule has 0 bridgehead atoms. The summed E-state index contributed by atoms with van der Waals surface area (Å²) in [4.78, 5) is 11.2. The summed E-state index contributed by atoms with van der Waals surface area (Å²) in [6.45, 7) is 0. The van der Waals surface area contributed by atoms with Crippen LogP contribution in [0.5, 0.6) is 0 Å². The predicted octanol–water partition coefficient (Wildman–Crippen LogP) is 3.70. The van der Waals surface area contributed by atoms with Crippen molar-refractivity contribution in [3.8, 4) is 6.07 Å². The second-order valence-electron chi connectivity index (χ2n) is 3.29. The molecule has 1 rings (SSSR count). The number of nitrogens with zero attached hydrogens (tertiary/aromatic N) is 1. The number of methoxy groups -OCH3 is 1. The number of halogens is 4. The molecule has 3 nitrogen and oxygen atoms in total. The van der Waals surface area contributed by atoms with Gasteiger partial charge < -0.3 is 4.74 Å². The summed E-state index contributed by atoms with van der Waals surface area (Å²) in [5.41, 5.74) is -4.73. The lowest BCUT2D eigenvalue weighted by Gasteiger charge is -2.13. The zero-order chi connectivity index (χ0) is 14.6. The van der Waals surface area contributed by atoms with Gasteiger partial charge in [0.1, 0.15) is 0 Å². The molecular weight excluding hydrogens is 303 g/mol. The number of thioether (sulfide) groups is 1. The fourth-order valence-corrected chi connectivity index (χ4v) is 2.34. The topological polar surface area (TPSA) is 50.1 Å². The van der Waals surface area contributed by atoms with E-state index in [1.807, 2.05) is 0 Å². The highest BCUT2D eigenvalue weighted by Gasteiger charge is 2.33. The molecule has 19 heavy (non-hydrogen) atoms. The smallest absolute Gasteiger partial charge is 0.446 e. The minimum absolute atomic E-state index is 0.00458. The van der Waals surface area contributed by atoms with Crippen molar-refractivity contribution in [3.63, 3.8) is 0 Å². The summed E-state index contributed by atoms with van der Waals surface area (Å²) in [6, 6.07) is 3.97. The van der Waals surface area contributed by atoms with Crippen LogP contribution in [0.1, 0.15) is 21.5 Å². The molecule has 0 saturated heterocycles. The Morgan fingerprint density at radius 3 is 2.58 bits per heavy atom. The molecule has 0 fully saturated rings. The van der Waals surface area contributed by atoms with E-state index in [0.717, 1.165) is 13.2 Å². The van der Waals surface area contributed by atoms with E-state index in [4.69, 9.17) is 16.9 Å². The monoisotopic (exact) mass is 309 g/mol. The molecule has 0 aliphatic heterocycles. The van der Waals surface area contributed by atoms with Crippen molar-refractivity contribution in [1.82, 2.24) is 0 Å². The second kappa shape index (κ2) is 6.17. The minimum atomic E-state index is -4.58. The predicted molar refractivity (Wildman–Crippen MR) is 64.0 cm³/mol. The molecule has 102 valence electrons. The molecule has 0 amide bonds. The Morgan fingerprint density at radius 2 is 2.16 bits per heavy atom. The van der Waals surface area contributed by atoms with E-state index in [2.05, 4.69) is 4.74 Å². The van der Waals surface area contributed by atoms with E-state index in [9.17, 15) is 18.0 Å². The zero-order valence-corrected chi connectivity index (χ0v) is 11.1. The van der Waals surface area contributed by atoms with Crippen LogP contribution in [0, 0.1) is 11.3 Å². The van der Waals surface area contributed by atoms with Gasteiger partial charge in [-0.15, -0.1) is 11.6 Å². The molecule has 0 aliphatic rings. The average Bonchev–Trinajstić information content (AvgIpc) is 2.34. The van der Waals surface area contributed by atoms with Gasteiger partial charge in [-0.2, -0.15) is 18.4 Å². The third-order valence-corrected chi connectivity index (χ3v) is 3.13. The van der Waals surface area contributed by atoms with Gasteiger partial charge in [-0.25, -0.2) is 4.79 Å². The van der Waals surface area contributed by atoms with Gasteiger partial charge in [-0.1, -0.05) is 0 Å². The molecule has 8 heteroatoms. The third kappa shape index (κ3) is 4.04. The lowest BCUT2D eigenvalue weighted by Crippen LogP contribution is -2.10. The highest BCUT2D eigenvalue weighted by molar-refractivity contribution is 8.00. The third-order valence-electron chi connectivity index (χ3n) is 2.07. The minimum Gasteiger partial charge on any atom is -0.465 e. The van der Waals surface area contributed by atoms with Crippen LogP contribution in [0.2, 0.25) is 0 Å². The number of hydrogen-bond acceptors (Lipinski definition) is 4. The van der Waals surface area contributed by atoms with E-state index in [1.54, 1.807) is 6.07 Å². The van der Waals surface area contributed by atoms with Gasteiger partial charge in [-0.05, 0) is 29.5 Å². The van der Waals surface area contributed by atoms with Gasteiger partial charge in [0.05, 0.1) is 24.3 Å². The summed E-state index contributed by atoms with van der Waals surface area (Å²) in [5.74, 6) is -1.13. The zero-order valence-electron chi connectivity index (χ0n) is 9.55. The molecule has 0 saturated carbocycles. The molecule has 1 aromatic rings. The van der Waals surface area contributed by atoms with Gasteiger partial charge in [0.15, 0.2) is 0 Å². The first-order valence-corrected chi connectivity index (χ1v) is 6.14. The quantitative estimate of drug-likeness (QED) is 0.485. The number of benzene rings is 1. The Labute approximate surface area is 116 Å². The highest BCUT2D eigenvalue weighted by Crippen LogP contribution is 2.40. The van der Waals surface area contributed by atoms with Gasteiger partial charge >= 0.3 is 11.5 Å². The van der Waals surface area contributed by atoms with Crippen molar-refractivity contribution in [3.05, 3.63) is 28.8 Å². The number of carbonyl (C=O) groups excluding carboxylic acids is 1. The highest BCUT2D eigenvalue weighted by atomic mass is 35.5. The number of ether oxygens (including phenoxy) is 1. The first-order valence-electron chi connectivity index (χ1n) is 4.79. The second-order valence-corrected chi connectivity index (χ2v) is 4.67. The molecule has 0 aromatic heterocycles. The maximum Gasteiger partial charge on any atom is 0.446 e. The molecule has 1 aromatic carbocycles. The first kappa shape index (κ1) is 15.7. The Hall–Kier alpha value is -1.39. The number of rotatable bonds is 3. The number of hydrogen-bond donors (Lipinski definition) is 0. The van der Waals surface area contributed by atoms with Crippen molar-refractivity contribution in [2.45, 2.75) is 16.3 Å². The van der Waals surface area contributed by atoms with Crippen molar-refractivity contribution in [1.29, 1.82) is 5.26 Å². The average molecular weight is 310 g/mol. The molecule has 0 unspecified atom stereocenters. The molecule has 0 N–H and O–H groups in total. The molecule has 0 aliphatic carbocycles. The van der Waals surface area contributed by atoms with Gasteiger partial charge in [-0.3, -0.25) is 0 Å². The SMILES string of the molecule is COC(=O)c1c(CCl)cc(C#N)cc1SC(F)(F)F. The summed E-state index contributed by atoms with van der Waals surface area (Å²) in [5, 5.41) is 8.77. The maximum absolute atomic E-state index is 12.5. The first-order chi connectivity index (χ1) is 8.82. The van der Waals surface area contributed by atoms with Crippen LogP contribution in [0.25, 0.3) is 0 Å². The number of esters is 1. The summed E-state index contributed by atoms with van der Waals surface area (Å²) in [6.07, 6.45) is 0. The number of carbonyl (C=O) groups is 1. The molecule has 0 atom stereocenters. The fraction of sp³-hybridized carbons (Fsp3) is 0.273. The number of alkyl halides is 4. The summed E-state index contributed by atoms with van der Waals surface area (Å²) < 4.78 is 41.8. The fourth-order valence-electron chi connectivity index (χ4n) is 1.38. The Kier molecular flexibility index (Phi) is 5.09. The van der Waals surface area contributed by atoms with Gasteiger partial charge in [0.25, 0.3) is 0 Å². The Bertz CT molecular complexity index is 540. The van der Waals surface area contributed by atoms with Crippen LogP contribution in [0.4, 0.5) is 13.2 Å². The number of nitriles is 1. The molecule has 0 heterocycles. The van der Waals surface area contributed by atoms with Crippen molar-refractivity contribution in [2.24, 2.45) is 0 Å². The van der Waals surface area contributed by atoms with E-state index in [0.29, 0.717) is 0 Å². The van der Waals surface area contributed by atoms with Crippen molar-refractivity contribution < 1.29 is 22.7 Å². The van der Waals surface area contributed by atoms with Crippen LogP contribution >= 0.6 is 23.4 Å². The molecule has 0 radical (unpaired) electrons. The van der Waals surface area contributed by atoms with E-state index < -0.39 is 28.1 Å². The van der Waals surface area contributed by atoms with Crippen LogP contribution in [-0.4, -0.2) is 18.6 Å². The van der Waals surface area contributed by atoms with Gasteiger partial charge in [0, 0.05) is 10.8 Å². The van der Waals surface area contributed by atoms with E-state index in [-0.39, 0.29) is 22.6 Å². The van der Waals surface area contributed by atoms with Crippen LogP contribution in [-0.2, 0) is 10.6 Å². The Balaban J connectivity index is 3.47.